The quantitative estimate of drug-likeness (QED) is 0.646. The third kappa shape index (κ3) is 3.92. The Balaban J connectivity index is 1.76. The Morgan fingerprint density at radius 3 is 2.69 bits per heavy atom. The van der Waals surface area contributed by atoms with Crippen molar-refractivity contribution in [2.24, 2.45) is 5.92 Å². The van der Waals surface area contributed by atoms with Crippen molar-refractivity contribution < 1.29 is 9.90 Å². The maximum atomic E-state index is 10.9. The molecule has 1 aliphatic heterocycles. The van der Waals surface area contributed by atoms with Crippen molar-refractivity contribution in [2.75, 3.05) is 6.54 Å². The molecule has 0 saturated heterocycles. The van der Waals surface area contributed by atoms with Crippen LogP contribution in [0.1, 0.15) is 55.5 Å². The van der Waals surface area contributed by atoms with Crippen molar-refractivity contribution in [3.8, 4) is 0 Å². The van der Waals surface area contributed by atoms with Gasteiger partial charge in [0, 0.05) is 24.4 Å². The van der Waals surface area contributed by atoms with Crippen LogP contribution in [0.15, 0.2) is 42.6 Å². The highest BCUT2D eigenvalue weighted by Crippen LogP contribution is 2.40. The number of H-pyrrole nitrogens is 1. The zero-order valence-corrected chi connectivity index (χ0v) is 17.4. The van der Waals surface area contributed by atoms with Gasteiger partial charge in [0.25, 0.3) is 0 Å². The summed E-state index contributed by atoms with van der Waals surface area (Å²) in [5.74, 6) is -0.176. The van der Waals surface area contributed by atoms with E-state index in [0.717, 1.165) is 24.0 Å². The number of benzene rings is 2. The van der Waals surface area contributed by atoms with Gasteiger partial charge in [-0.05, 0) is 54.0 Å². The Labute approximate surface area is 171 Å². The molecule has 5 heteroatoms. The first-order valence-electron chi connectivity index (χ1n) is 10.4. The third-order valence-electron chi connectivity index (χ3n) is 5.96. The van der Waals surface area contributed by atoms with Gasteiger partial charge in [-0.25, -0.2) is 0 Å². The summed E-state index contributed by atoms with van der Waals surface area (Å²) >= 11 is 0. The van der Waals surface area contributed by atoms with Gasteiger partial charge in [0.2, 0.25) is 0 Å². The number of hydrogen-bond acceptors (Lipinski definition) is 3. The predicted molar refractivity (Wildman–Crippen MR) is 115 cm³/mol. The molecule has 3 aromatic rings. The lowest BCUT2D eigenvalue weighted by atomic mass is 9.83. The number of carboxylic acids is 1. The topological polar surface area (TPSA) is 69.2 Å². The number of fused-ring (bicyclic) bond motifs is 3. The first-order chi connectivity index (χ1) is 13.9. The monoisotopic (exact) mass is 391 g/mol. The minimum atomic E-state index is -0.753. The van der Waals surface area contributed by atoms with Crippen LogP contribution in [-0.2, 0) is 17.6 Å². The Kier molecular flexibility index (Phi) is 5.41. The lowest BCUT2D eigenvalue weighted by molar-refractivity contribution is -0.136. The van der Waals surface area contributed by atoms with Gasteiger partial charge in [0.05, 0.1) is 17.8 Å². The number of nitrogens with zero attached hydrogens (tertiary/aromatic N) is 2. The fourth-order valence-electron chi connectivity index (χ4n) is 4.62. The van der Waals surface area contributed by atoms with Crippen molar-refractivity contribution in [3.05, 3.63) is 64.8 Å². The van der Waals surface area contributed by atoms with E-state index < -0.39 is 5.97 Å². The summed E-state index contributed by atoms with van der Waals surface area (Å²) in [5.41, 5.74) is 6.18. The molecule has 0 saturated carbocycles. The maximum Gasteiger partial charge on any atom is 0.303 e. The summed E-state index contributed by atoms with van der Waals surface area (Å²) in [5, 5.41) is 17.5. The van der Waals surface area contributed by atoms with E-state index in [1.54, 1.807) is 0 Å². The first-order valence-corrected chi connectivity index (χ1v) is 10.4. The molecule has 5 nitrogen and oxygen atoms in total. The minimum absolute atomic E-state index is 0.167. The summed E-state index contributed by atoms with van der Waals surface area (Å²) in [6.07, 6.45) is 3.70. The Morgan fingerprint density at radius 2 is 2.00 bits per heavy atom. The number of carbonyl (C=O) groups is 1. The largest absolute Gasteiger partial charge is 0.481 e. The molecule has 4 rings (SSSR count). The average molecular weight is 392 g/mol. The molecule has 0 radical (unpaired) electrons. The number of hydrogen-bond donors (Lipinski definition) is 2. The third-order valence-corrected chi connectivity index (χ3v) is 5.96. The molecule has 1 aliphatic rings. The summed E-state index contributed by atoms with van der Waals surface area (Å²) in [6.45, 7) is 7.90. The molecule has 0 spiro atoms. The van der Waals surface area contributed by atoms with Crippen molar-refractivity contribution in [1.29, 1.82) is 0 Å². The molecule has 0 amide bonds. The first kappa shape index (κ1) is 19.6. The fraction of sp³-hybridized carbons (Fsp3) is 0.417. The van der Waals surface area contributed by atoms with Crippen LogP contribution >= 0.6 is 0 Å². The second kappa shape index (κ2) is 7.99. The molecule has 152 valence electrons. The molecule has 2 atom stereocenters. The van der Waals surface area contributed by atoms with Crippen LogP contribution < -0.4 is 0 Å². The average Bonchev–Trinajstić information content (AvgIpc) is 3.16. The molecule has 29 heavy (non-hydrogen) atoms. The van der Waals surface area contributed by atoms with E-state index in [2.05, 4.69) is 72.3 Å². The number of aromatic amines is 1. The molecule has 0 bridgehead atoms. The van der Waals surface area contributed by atoms with Gasteiger partial charge >= 0.3 is 5.97 Å². The van der Waals surface area contributed by atoms with Crippen LogP contribution in [0.2, 0.25) is 0 Å². The lowest BCUT2D eigenvalue weighted by Gasteiger charge is -2.43. The molecule has 2 aromatic carbocycles. The van der Waals surface area contributed by atoms with Gasteiger partial charge in [0.15, 0.2) is 0 Å². The van der Waals surface area contributed by atoms with Crippen LogP contribution in [0.4, 0.5) is 0 Å². The normalized spacial score (nSPS) is 19.6. The highest BCUT2D eigenvalue weighted by atomic mass is 16.4. The van der Waals surface area contributed by atoms with Gasteiger partial charge in [-0.15, -0.1) is 0 Å². The second-order valence-electron chi connectivity index (χ2n) is 8.65. The van der Waals surface area contributed by atoms with Gasteiger partial charge in [-0.3, -0.25) is 14.8 Å². The second-order valence-corrected chi connectivity index (χ2v) is 8.65. The Hall–Kier alpha value is -2.66. The standard InChI is InChI=1S/C24H29N3O2/c1-15(2)14-27-16(3)12-20-19(9-10-22-21(20)13-25-26-22)24(27)18-7-4-17(5-8-18)6-11-23(28)29/h4-5,7-10,13,15-16,24H,6,11-12,14H2,1-3H3,(H,25,26)(H,28,29). The number of aromatic nitrogens is 2. The van der Waals surface area contributed by atoms with Crippen LogP contribution in [0.5, 0.6) is 0 Å². The summed E-state index contributed by atoms with van der Waals surface area (Å²) in [7, 11) is 0. The molecular weight excluding hydrogens is 362 g/mol. The SMILES string of the molecule is CC(C)CN1C(C)Cc2c(ccc3[nH]ncc23)C1c1ccc(CCC(=O)O)cc1. The van der Waals surface area contributed by atoms with E-state index in [9.17, 15) is 4.79 Å². The molecule has 2 unspecified atom stereocenters. The van der Waals surface area contributed by atoms with Crippen LogP contribution in [0.25, 0.3) is 10.9 Å². The van der Waals surface area contributed by atoms with E-state index >= 15 is 0 Å². The van der Waals surface area contributed by atoms with Gasteiger partial charge in [-0.2, -0.15) is 5.10 Å². The minimum Gasteiger partial charge on any atom is -0.481 e. The van der Waals surface area contributed by atoms with E-state index in [1.165, 1.54) is 22.1 Å². The fourth-order valence-corrected chi connectivity index (χ4v) is 4.62. The molecule has 0 fully saturated rings. The number of nitrogens with one attached hydrogen (secondary N) is 1. The number of aryl methyl sites for hydroxylation is 1. The Morgan fingerprint density at radius 1 is 1.24 bits per heavy atom. The summed E-state index contributed by atoms with van der Waals surface area (Å²) in [4.78, 5) is 13.5. The van der Waals surface area contributed by atoms with E-state index in [1.807, 2.05) is 6.20 Å². The maximum absolute atomic E-state index is 10.9. The number of carboxylic acid groups (broad SMARTS) is 1. The van der Waals surface area contributed by atoms with Crippen LogP contribution in [0, 0.1) is 5.92 Å². The van der Waals surface area contributed by atoms with Gasteiger partial charge in [0.1, 0.15) is 0 Å². The highest BCUT2D eigenvalue weighted by Gasteiger charge is 2.34. The van der Waals surface area contributed by atoms with Crippen LogP contribution in [-0.4, -0.2) is 38.8 Å². The Bertz CT molecular complexity index is 1010. The van der Waals surface area contributed by atoms with Crippen molar-refractivity contribution in [1.82, 2.24) is 15.1 Å². The molecule has 0 aliphatic carbocycles. The van der Waals surface area contributed by atoms with E-state index in [0.29, 0.717) is 18.4 Å². The van der Waals surface area contributed by atoms with E-state index in [-0.39, 0.29) is 12.5 Å². The zero-order valence-electron chi connectivity index (χ0n) is 17.4. The molecule has 2 heterocycles. The molecular formula is C24H29N3O2. The van der Waals surface area contributed by atoms with Crippen LogP contribution in [0.3, 0.4) is 0 Å². The number of aliphatic carboxylic acids is 1. The predicted octanol–water partition coefficient (Wildman–Crippen LogP) is 4.57. The lowest BCUT2D eigenvalue weighted by Crippen LogP contribution is -2.44. The smallest absolute Gasteiger partial charge is 0.303 e. The summed E-state index contributed by atoms with van der Waals surface area (Å²) in [6, 6.07) is 13.5. The zero-order chi connectivity index (χ0) is 20.5. The molecule has 2 N–H and O–H groups in total. The highest BCUT2D eigenvalue weighted by molar-refractivity contribution is 5.83. The van der Waals surface area contributed by atoms with Gasteiger partial charge < -0.3 is 5.11 Å². The molecule has 1 aromatic heterocycles. The van der Waals surface area contributed by atoms with E-state index in [4.69, 9.17) is 5.11 Å². The van der Waals surface area contributed by atoms with Gasteiger partial charge in [-0.1, -0.05) is 44.2 Å². The number of rotatable bonds is 6. The van der Waals surface area contributed by atoms with Crippen molar-refractivity contribution in [2.45, 2.75) is 52.1 Å². The summed E-state index contributed by atoms with van der Waals surface area (Å²) < 4.78 is 0. The van der Waals surface area contributed by atoms with Crippen molar-refractivity contribution in [3.63, 3.8) is 0 Å². The van der Waals surface area contributed by atoms with Crippen molar-refractivity contribution >= 4 is 16.9 Å².